The molecule has 0 amide bonds. The van der Waals surface area contributed by atoms with Gasteiger partial charge in [0.25, 0.3) is 5.69 Å². The Hall–Kier alpha value is -2.28. The molecule has 0 spiro atoms. The zero-order valence-electron chi connectivity index (χ0n) is 9.65. The fraction of sp³-hybridized carbons (Fsp3) is 0. The lowest BCUT2D eigenvalue weighted by Gasteiger charge is -1.99. The molecule has 2 rings (SSSR count). The summed E-state index contributed by atoms with van der Waals surface area (Å²) in [6.07, 6.45) is 2.81. The third kappa shape index (κ3) is 3.59. The molecule has 0 unspecified atom stereocenters. The van der Waals surface area contributed by atoms with E-state index < -0.39 is 4.92 Å². The molecular weight excluding hydrogens is 312 g/mol. The number of rotatable bonds is 4. The van der Waals surface area contributed by atoms with E-state index in [1.54, 1.807) is 6.21 Å². The molecule has 1 heterocycles. The minimum Gasteiger partial charge on any atom is -0.261 e. The Kier molecular flexibility index (Phi) is 4.19. The van der Waals surface area contributed by atoms with Crippen molar-refractivity contribution in [3.8, 4) is 0 Å². The van der Waals surface area contributed by atoms with Crippen LogP contribution in [0.4, 0.5) is 11.5 Å². The Morgan fingerprint density at radius 2 is 2.11 bits per heavy atom. The standard InChI is InChI=1S/C12H9BrN4O2/c13-11-4-2-1-3-9(11)7-15-16-12-6-5-10(8-14-12)17(18)19/h1-8H,(H,14,16)/b15-7+. The first-order valence-electron chi connectivity index (χ1n) is 5.31. The van der Waals surface area contributed by atoms with Crippen LogP contribution in [0.3, 0.4) is 0 Å². The molecule has 0 bridgehead atoms. The Bertz CT molecular complexity index is 613. The van der Waals surface area contributed by atoms with E-state index in [2.05, 4.69) is 31.4 Å². The van der Waals surface area contributed by atoms with Crippen molar-refractivity contribution in [2.45, 2.75) is 0 Å². The smallest absolute Gasteiger partial charge is 0.261 e. The van der Waals surface area contributed by atoms with Gasteiger partial charge >= 0.3 is 0 Å². The van der Waals surface area contributed by atoms with Gasteiger partial charge in [-0.2, -0.15) is 5.10 Å². The topological polar surface area (TPSA) is 80.4 Å². The lowest BCUT2D eigenvalue weighted by atomic mass is 10.2. The summed E-state index contributed by atoms with van der Waals surface area (Å²) in [4.78, 5) is 13.8. The maximum Gasteiger partial charge on any atom is 0.287 e. The number of aromatic nitrogens is 1. The Balaban J connectivity index is 2.03. The summed E-state index contributed by atoms with van der Waals surface area (Å²) in [6.45, 7) is 0. The van der Waals surface area contributed by atoms with Gasteiger partial charge in [-0.25, -0.2) is 4.98 Å². The predicted molar refractivity (Wildman–Crippen MR) is 76.3 cm³/mol. The molecule has 0 saturated carbocycles. The van der Waals surface area contributed by atoms with Gasteiger partial charge in [0, 0.05) is 16.1 Å². The van der Waals surface area contributed by atoms with E-state index in [0.717, 1.165) is 10.0 Å². The minimum atomic E-state index is -0.499. The van der Waals surface area contributed by atoms with Crippen molar-refractivity contribution in [2.24, 2.45) is 5.10 Å². The van der Waals surface area contributed by atoms with Crippen LogP contribution in [0.2, 0.25) is 0 Å². The number of nitrogens with zero attached hydrogens (tertiary/aromatic N) is 3. The number of nitrogens with one attached hydrogen (secondary N) is 1. The molecule has 7 heteroatoms. The second-order valence-electron chi connectivity index (χ2n) is 3.55. The summed E-state index contributed by atoms with van der Waals surface area (Å²) in [5, 5.41) is 14.5. The highest BCUT2D eigenvalue weighted by atomic mass is 79.9. The number of hydrogen-bond acceptors (Lipinski definition) is 5. The zero-order valence-corrected chi connectivity index (χ0v) is 11.2. The average molecular weight is 321 g/mol. The minimum absolute atomic E-state index is 0.0552. The van der Waals surface area contributed by atoms with Crippen LogP contribution >= 0.6 is 15.9 Å². The molecule has 1 aromatic carbocycles. The number of anilines is 1. The molecule has 0 radical (unpaired) electrons. The maximum atomic E-state index is 10.5. The van der Waals surface area contributed by atoms with Crippen LogP contribution in [0.5, 0.6) is 0 Å². The van der Waals surface area contributed by atoms with Gasteiger partial charge in [0.2, 0.25) is 0 Å². The van der Waals surface area contributed by atoms with Crippen LogP contribution in [0.15, 0.2) is 52.2 Å². The number of halogens is 1. The van der Waals surface area contributed by atoms with Gasteiger partial charge in [-0.05, 0) is 12.1 Å². The SMILES string of the molecule is O=[N+]([O-])c1ccc(N/N=C/c2ccccc2Br)nc1. The highest BCUT2D eigenvalue weighted by Crippen LogP contribution is 2.14. The van der Waals surface area contributed by atoms with Crippen LogP contribution in [0, 0.1) is 10.1 Å². The van der Waals surface area contributed by atoms with Crippen LogP contribution in [0.1, 0.15) is 5.56 Å². The first-order valence-corrected chi connectivity index (χ1v) is 6.10. The Labute approximate surface area is 117 Å². The molecule has 0 saturated heterocycles. The monoisotopic (exact) mass is 320 g/mol. The molecule has 2 aromatic rings. The van der Waals surface area contributed by atoms with Gasteiger partial charge in [0.05, 0.1) is 11.1 Å². The lowest BCUT2D eigenvalue weighted by Crippen LogP contribution is -1.95. The summed E-state index contributed by atoms with van der Waals surface area (Å²) in [6, 6.07) is 10.5. The van der Waals surface area contributed by atoms with E-state index in [1.807, 2.05) is 24.3 Å². The predicted octanol–water partition coefficient (Wildman–Crippen LogP) is 3.20. The molecule has 96 valence electrons. The fourth-order valence-corrected chi connectivity index (χ4v) is 1.70. The van der Waals surface area contributed by atoms with Crippen LogP contribution in [-0.2, 0) is 0 Å². The van der Waals surface area contributed by atoms with E-state index in [-0.39, 0.29) is 5.69 Å². The molecule has 0 aliphatic rings. The van der Waals surface area contributed by atoms with Crippen molar-refractivity contribution >= 4 is 33.6 Å². The largest absolute Gasteiger partial charge is 0.287 e. The highest BCUT2D eigenvalue weighted by Gasteiger charge is 2.04. The van der Waals surface area contributed by atoms with Gasteiger partial charge in [0.1, 0.15) is 12.0 Å². The van der Waals surface area contributed by atoms with E-state index in [9.17, 15) is 10.1 Å². The van der Waals surface area contributed by atoms with Crippen LogP contribution in [0.25, 0.3) is 0 Å². The molecule has 0 aliphatic heterocycles. The van der Waals surface area contributed by atoms with Crippen molar-refractivity contribution in [3.63, 3.8) is 0 Å². The summed E-state index contributed by atoms with van der Waals surface area (Å²) in [7, 11) is 0. The average Bonchev–Trinajstić information content (AvgIpc) is 2.41. The number of benzene rings is 1. The number of hydrogen-bond donors (Lipinski definition) is 1. The molecule has 0 atom stereocenters. The maximum absolute atomic E-state index is 10.5. The van der Waals surface area contributed by atoms with Crippen LogP contribution < -0.4 is 5.43 Å². The van der Waals surface area contributed by atoms with Crippen molar-refractivity contribution in [1.82, 2.24) is 4.98 Å². The molecule has 6 nitrogen and oxygen atoms in total. The second-order valence-corrected chi connectivity index (χ2v) is 4.40. The normalized spacial score (nSPS) is 10.6. The van der Waals surface area contributed by atoms with E-state index in [0.29, 0.717) is 5.82 Å². The van der Waals surface area contributed by atoms with Gasteiger partial charge in [-0.3, -0.25) is 15.5 Å². The Morgan fingerprint density at radius 1 is 1.32 bits per heavy atom. The summed E-state index contributed by atoms with van der Waals surface area (Å²) in [5.74, 6) is 0.439. The zero-order chi connectivity index (χ0) is 13.7. The van der Waals surface area contributed by atoms with Gasteiger partial charge in [-0.15, -0.1) is 0 Å². The number of nitro groups is 1. The molecule has 0 fully saturated rings. The summed E-state index contributed by atoms with van der Waals surface area (Å²) < 4.78 is 0.928. The first-order chi connectivity index (χ1) is 9.16. The third-order valence-electron chi connectivity index (χ3n) is 2.25. The van der Waals surface area contributed by atoms with E-state index in [1.165, 1.54) is 18.3 Å². The van der Waals surface area contributed by atoms with Crippen molar-refractivity contribution < 1.29 is 4.92 Å². The van der Waals surface area contributed by atoms with Crippen molar-refractivity contribution in [1.29, 1.82) is 0 Å². The van der Waals surface area contributed by atoms with Crippen LogP contribution in [-0.4, -0.2) is 16.1 Å². The molecule has 19 heavy (non-hydrogen) atoms. The Morgan fingerprint density at radius 3 is 2.74 bits per heavy atom. The lowest BCUT2D eigenvalue weighted by molar-refractivity contribution is -0.385. The summed E-state index contributed by atoms with van der Waals surface area (Å²) >= 11 is 3.40. The summed E-state index contributed by atoms with van der Waals surface area (Å²) in [5.41, 5.74) is 3.56. The number of pyridine rings is 1. The second kappa shape index (κ2) is 6.05. The third-order valence-corrected chi connectivity index (χ3v) is 2.97. The van der Waals surface area contributed by atoms with E-state index >= 15 is 0 Å². The highest BCUT2D eigenvalue weighted by molar-refractivity contribution is 9.10. The van der Waals surface area contributed by atoms with E-state index in [4.69, 9.17) is 0 Å². The number of hydrazone groups is 1. The fourth-order valence-electron chi connectivity index (χ4n) is 1.31. The molecule has 1 N–H and O–H groups in total. The molecule has 1 aromatic heterocycles. The van der Waals surface area contributed by atoms with Gasteiger partial charge < -0.3 is 0 Å². The first kappa shape index (κ1) is 13.2. The quantitative estimate of drug-likeness (QED) is 0.533. The van der Waals surface area contributed by atoms with Crippen molar-refractivity contribution in [2.75, 3.05) is 5.43 Å². The van der Waals surface area contributed by atoms with Crippen molar-refractivity contribution in [3.05, 3.63) is 62.7 Å². The molecular formula is C12H9BrN4O2. The van der Waals surface area contributed by atoms with Gasteiger partial charge in [-0.1, -0.05) is 34.1 Å². The molecule has 0 aliphatic carbocycles. The van der Waals surface area contributed by atoms with Gasteiger partial charge in [0.15, 0.2) is 0 Å².